The Bertz CT molecular complexity index is 1730. The Kier molecular flexibility index (Phi) is 3.03. The van der Waals surface area contributed by atoms with Gasteiger partial charge >= 0.3 is 0 Å². The van der Waals surface area contributed by atoms with Crippen molar-refractivity contribution in [2.45, 2.75) is 0 Å². The lowest BCUT2D eigenvalue weighted by Crippen LogP contribution is -1.83. The Hall–Kier alpha value is -4.04. The summed E-state index contributed by atoms with van der Waals surface area (Å²) < 4.78 is 0. The molecule has 0 saturated heterocycles. The first kappa shape index (κ1) is 15.8. The maximum Gasteiger partial charge on any atom is 0.0566 e. The zero-order chi connectivity index (χ0) is 19.7. The zero-order valence-corrected chi connectivity index (χ0v) is 16.2. The number of benzene rings is 5. The Balaban J connectivity index is 1.79. The maximum absolute atomic E-state index is 3.75. The van der Waals surface area contributed by atoms with Crippen LogP contribution in [0.2, 0.25) is 0 Å². The van der Waals surface area contributed by atoms with Gasteiger partial charge in [-0.1, -0.05) is 78.9 Å². The highest BCUT2D eigenvalue weighted by Gasteiger charge is 2.18. The summed E-state index contributed by atoms with van der Waals surface area (Å²) in [5, 5.41) is 7.67. The van der Waals surface area contributed by atoms with Gasteiger partial charge < -0.3 is 9.97 Å². The molecule has 0 bridgehead atoms. The van der Waals surface area contributed by atoms with Crippen LogP contribution in [0.5, 0.6) is 0 Å². The minimum absolute atomic E-state index is 1.17. The molecular weight excluding hydrogens is 364 g/mol. The Labute approximate surface area is 172 Å². The number of para-hydroxylation sites is 1. The number of fused-ring (bicyclic) bond motifs is 8. The van der Waals surface area contributed by atoms with E-state index < -0.39 is 0 Å². The van der Waals surface area contributed by atoms with Gasteiger partial charge in [-0.15, -0.1) is 0 Å². The SMILES string of the molecule is c1ccc(-c2c3[nH]c4ccccc4c3cc3c2[nH]c2ccc4ccccc4c23)cc1. The van der Waals surface area contributed by atoms with Crippen LogP contribution in [-0.4, -0.2) is 9.97 Å². The van der Waals surface area contributed by atoms with Crippen LogP contribution in [0, 0.1) is 0 Å². The molecular formula is C28H18N2. The molecule has 2 heteroatoms. The second kappa shape index (κ2) is 5.74. The molecule has 2 nitrogen and oxygen atoms in total. The van der Waals surface area contributed by atoms with Gasteiger partial charge in [0.2, 0.25) is 0 Å². The molecule has 0 radical (unpaired) electrons. The van der Waals surface area contributed by atoms with E-state index in [0.29, 0.717) is 0 Å². The molecule has 0 aliphatic rings. The number of H-pyrrole nitrogens is 2. The second-order valence-corrected chi connectivity index (χ2v) is 7.97. The molecule has 2 heterocycles. The first-order valence-electron chi connectivity index (χ1n) is 10.3. The number of nitrogens with one attached hydrogen (secondary N) is 2. The third-order valence-corrected chi connectivity index (χ3v) is 6.32. The van der Waals surface area contributed by atoms with Gasteiger partial charge in [-0.05, 0) is 34.5 Å². The monoisotopic (exact) mass is 382 g/mol. The molecule has 0 atom stereocenters. The second-order valence-electron chi connectivity index (χ2n) is 7.97. The lowest BCUT2D eigenvalue weighted by atomic mass is 9.97. The number of aromatic amines is 2. The quantitative estimate of drug-likeness (QED) is 0.290. The van der Waals surface area contributed by atoms with E-state index in [-0.39, 0.29) is 0 Å². The first-order valence-corrected chi connectivity index (χ1v) is 10.3. The summed E-state index contributed by atoms with van der Waals surface area (Å²) in [5.74, 6) is 0. The van der Waals surface area contributed by atoms with Crippen LogP contribution in [0.1, 0.15) is 0 Å². The molecule has 30 heavy (non-hydrogen) atoms. The van der Waals surface area contributed by atoms with Crippen molar-refractivity contribution in [1.29, 1.82) is 0 Å². The van der Waals surface area contributed by atoms with Crippen molar-refractivity contribution in [1.82, 2.24) is 9.97 Å². The molecule has 2 aromatic heterocycles. The number of rotatable bonds is 1. The Morgan fingerprint density at radius 2 is 1.17 bits per heavy atom. The van der Waals surface area contributed by atoms with Gasteiger partial charge in [-0.2, -0.15) is 0 Å². The molecule has 0 amide bonds. The van der Waals surface area contributed by atoms with Crippen molar-refractivity contribution in [3.8, 4) is 11.1 Å². The first-order chi connectivity index (χ1) is 14.9. The van der Waals surface area contributed by atoms with Crippen molar-refractivity contribution >= 4 is 54.4 Å². The average Bonchev–Trinajstić information content (AvgIpc) is 3.36. The fraction of sp³-hybridized carbons (Fsp3) is 0. The smallest absolute Gasteiger partial charge is 0.0566 e. The van der Waals surface area contributed by atoms with Gasteiger partial charge in [-0.25, -0.2) is 0 Å². The highest BCUT2D eigenvalue weighted by Crippen LogP contribution is 2.42. The summed E-state index contributed by atoms with van der Waals surface area (Å²) in [6.45, 7) is 0. The van der Waals surface area contributed by atoms with E-state index in [1.807, 2.05) is 0 Å². The van der Waals surface area contributed by atoms with E-state index >= 15 is 0 Å². The molecule has 0 fully saturated rings. The predicted octanol–water partition coefficient (Wildman–Crippen LogP) is 7.78. The van der Waals surface area contributed by atoms with E-state index in [1.54, 1.807) is 0 Å². The molecule has 0 spiro atoms. The predicted molar refractivity (Wildman–Crippen MR) is 128 cm³/mol. The Morgan fingerprint density at radius 1 is 0.467 bits per heavy atom. The summed E-state index contributed by atoms with van der Waals surface area (Å²) in [6.07, 6.45) is 0. The van der Waals surface area contributed by atoms with Crippen molar-refractivity contribution in [3.63, 3.8) is 0 Å². The standard InChI is InChI=1S/C28H18N2/c1-2-9-18(10-3-1)25-27-21(20-12-6-7-13-23(20)29-27)16-22-26-19-11-5-4-8-17(19)14-15-24(26)30-28(22)25/h1-16,29-30H. The molecule has 0 unspecified atom stereocenters. The fourth-order valence-corrected chi connectivity index (χ4v) is 5.01. The normalized spacial score (nSPS) is 12.0. The number of aromatic nitrogens is 2. The molecule has 140 valence electrons. The fourth-order valence-electron chi connectivity index (χ4n) is 5.01. The van der Waals surface area contributed by atoms with Crippen molar-refractivity contribution in [3.05, 3.63) is 97.1 Å². The largest absolute Gasteiger partial charge is 0.354 e. The molecule has 2 N–H and O–H groups in total. The highest BCUT2D eigenvalue weighted by molar-refractivity contribution is 6.28. The van der Waals surface area contributed by atoms with Crippen molar-refractivity contribution in [2.75, 3.05) is 0 Å². The number of hydrogen-bond donors (Lipinski definition) is 2. The zero-order valence-electron chi connectivity index (χ0n) is 16.2. The summed E-state index contributed by atoms with van der Waals surface area (Å²) in [5.41, 5.74) is 7.18. The Morgan fingerprint density at radius 3 is 2.07 bits per heavy atom. The molecule has 0 aliphatic carbocycles. The third-order valence-electron chi connectivity index (χ3n) is 6.32. The van der Waals surface area contributed by atoms with Crippen molar-refractivity contribution < 1.29 is 0 Å². The van der Waals surface area contributed by atoms with E-state index in [4.69, 9.17) is 0 Å². The minimum Gasteiger partial charge on any atom is -0.354 e. The van der Waals surface area contributed by atoms with Gasteiger partial charge in [0.15, 0.2) is 0 Å². The third kappa shape index (κ3) is 2.03. The lowest BCUT2D eigenvalue weighted by Gasteiger charge is -2.07. The summed E-state index contributed by atoms with van der Waals surface area (Å²) in [7, 11) is 0. The summed E-state index contributed by atoms with van der Waals surface area (Å²) in [6, 6.07) is 34.7. The minimum atomic E-state index is 1.17. The average molecular weight is 382 g/mol. The molecule has 7 rings (SSSR count). The maximum atomic E-state index is 3.75. The van der Waals surface area contributed by atoms with E-state index in [1.165, 1.54) is 65.5 Å². The number of hydrogen-bond acceptors (Lipinski definition) is 0. The van der Waals surface area contributed by atoms with Crippen LogP contribution < -0.4 is 0 Å². The summed E-state index contributed by atoms with van der Waals surface area (Å²) in [4.78, 5) is 7.45. The van der Waals surface area contributed by atoms with Crippen LogP contribution >= 0.6 is 0 Å². The van der Waals surface area contributed by atoms with Gasteiger partial charge in [0, 0.05) is 38.1 Å². The van der Waals surface area contributed by atoms with E-state index in [0.717, 1.165) is 0 Å². The van der Waals surface area contributed by atoms with E-state index in [2.05, 4.69) is 107 Å². The lowest BCUT2D eigenvalue weighted by molar-refractivity contribution is 1.51. The van der Waals surface area contributed by atoms with Crippen LogP contribution in [0.3, 0.4) is 0 Å². The van der Waals surface area contributed by atoms with Gasteiger partial charge in [0.05, 0.1) is 11.0 Å². The van der Waals surface area contributed by atoms with Gasteiger partial charge in [-0.3, -0.25) is 0 Å². The van der Waals surface area contributed by atoms with Crippen LogP contribution in [0.15, 0.2) is 97.1 Å². The highest BCUT2D eigenvalue weighted by atomic mass is 14.7. The van der Waals surface area contributed by atoms with Crippen LogP contribution in [-0.2, 0) is 0 Å². The molecule has 0 saturated carbocycles. The van der Waals surface area contributed by atoms with Crippen LogP contribution in [0.4, 0.5) is 0 Å². The van der Waals surface area contributed by atoms with Gasteiger partial charge in [0.25, 0.3) is 0 Å². The molecule has 0 aliphatic heterocycles. The molecule has 5 aromatic carbocycles. The summed E-state index contributed by atoms with van der Waals surface area (Å²) >= 11 is 0. The van der Waals surface area contributed by atoms with E-state index in [9.17, 15) is 0 Å². The van der Waals surface area contributed by atoms with Crippen molar-refractivity contribution in [2.24, 2.45) is 0 Å². The molecule has 7 aromatic rings. The topological polar surface area (TPSA) is 31.6 Å². The van der Waals surface area contributed by atoms with Crippen LogP contribution in [0.25, 0.3) is 65.5 Å². The van der Waals surface area contributed by atoms with Gasteiger partial charge in [0.1, 0.15) is 0 Å².